The molecule has 0 spiro atoms. The fourth-order valence-corrected chi connectivity index (χ4v) is 2.58. The zero-order valence-electron chi connectivity index (χ0n) is 10.6. The number of nitrogens with zero attached hydrogens (tertiary/aromatic N) is 1. The van der Waals surface area contributed by atoms with Gasteiger partial charge < -0.3 is 20.1 Å². The van der Waals surface area contributed by atoms with Gasteiger partial charge in [-0.1, -0.05) is 0 Å². The number of amides is 2. The van der Waals surface area contributed by atoms with Gasteiger partial charge in [0.2, 0.25) is 0 Å². The maximum Gasteiger partial charge on any atom is 0.332 e. The van der Waals surface area contributed by atoms with Gasteiger partial charge in [-0.3, -0.25) is 0 Å². The minimum Gasteiger partial charge on any atom is -0.479 e. The molecule has 18 heavy (non-hydrogen) atoms. The Labute approximate surface area is 106 Å². The van der Waals surface area contributed by atoms with Gasteiger partial charge in [0.15, 0.2) is 6.10 Å². The number of carbonyl (C=O) groups excluding carboxylic acids is 1. The molecule has 2 rings (SSSR count). The molecule has 2 amide bonds. The van der Waals surface area contributed by atoms with Crippen molar-refractivity contribution in [2.45, 2.75) is 50.9 Å². The summed E-state index contributed by atoms with van der Waals surface area (Å²) in [6.45, 7) is 3.24. The summed E-state index contributed by atoms with van der Waals surface area (Å²) in [6.07, 6.45) is 2.43. The largest absolute Gasteiger partial charge is 0.479 e. The first-order valence-electron chi connectivity index (χ1n) is 6.50. The van der Waals surface area contributed by atoms with Gasteiger partial charge in [0, 0.05) is 19.1 Å². The van der Waals surface area contributed by atoms with Crippen LogP contribution in [0.2, 0.25) is 0 Å². The highest BCUT2D eigenvalue weighted by Gasteiger charge is 2.31. The first-order chi connectivity index (χ1) is 8.58. The number of ether oxygens (including phenoxy) is 1. The number of nitrogens with one attached hydrogen (secondary N) is 1. The van der Waals surface area contributed by atoms with Crippen LogP contribution >= 0.6 is 0 Å². The maximum absolute atomic E-state index is 11.9. The first-order valence-corrected chi connectivity index (χ1v) is 6.50. The van der Waals surface area contributed by atoms with Crippen LogP contribution in [0.1, 0.15) is 32.6 Å². The number of likely N-dealkylation sites (tertiary alicyclic amines) is 1. The average molecular weight is 256 g/mol. The molecule has 2 aliphatic rings. The maximum atomic E-state index is 11.9. The molecule has 0 aromatic rings. The fourth-order valence-electron chi connectivity index (χ4n) is 2.58. The average Bonchev–Trinajstić information content (AvgIpc) is 2.94. The van der Waals surface area contributed by atoms with Crippen molar-refractivity contribution in [3.63, 3.8) is 0 Å². The zero-order valence-corrected chi connectivity index (χ0v) is 10.6. The van der Waals surface area contributed by atoms with Crippen LogP contribution in [0.4, 0.5) is 4.79 Å². The summed E-state index contributed by atoms with van der Waals surface area (Å²) in [5.41, 5.74) is 0. The number of carboxylic acids is 1. The van der Waals surface area contributed by atoms with E-state index in [1.54, 1.807) is 0 Å². The van der Waals surface area contributed by atoms with Crippen molar-refractivity contribution in [2.24, 2.45) is 0 Å². The highest BCUT2D eigenvalue weighted by Crippen LogP contribution is 2.20. The van der Waals surface area contributed by atoms with Gasteiger partial charge >= 0.3 is 12.0 Å². The minimum absolute atomic E-state index is 0.0672. The molecule has 3 unspecified atom stereocenters. The Morgan fingerprint density at radius 2 is 2.17 bits per heavy atom. The molecule has 3 atom stereocenters. The van der Waals surface area contributed by atoms with E-state index >= 15 is 0 Å². The molecule has 2 saturated heterocycles. The Balaban J connectivity index is 1.72. The topological polar surface area (TPSA) is 78.9 Å². The van der Waals surface area contributed by atoms with Crippen molar-refractivity contribution in [2.75, 3.05) is 13.1 Å². The van der Waals surface area contributed by atoms with Crippen molar-refractivity contribution >= 4 is 12.0 Å². The zero-order chi connectivity index (χ0) is 13.1. The van der Waals surface area contributed by atoms with E-state index in [0.717, 1.165) is 19.4 Å². The van der Waals surface area contributed by atoms with Gasteiger partial charge in [0.25, 0.3) is 0 Å². The second kappa shape index (κ2) is 5.56. The van der Waals surface area contributed by atoms with Gasteiger partial charge in [0.1, 0.15) is 0 Å². The number of hydrogen-bond donors (Lipinski definition) is 2. The van der Waals surface area contributed by atoms with E-state index in [1.807, 2.05) is 11.8 Å². The summed E-state index contributed by atoms with van der Waals surface area (Å²) in [6, 6.07) is 0.226. The SMILES string of the molecule is CC1CCCN1C(=O)NCC1CCC(C(=O)O)O1. The van der Waals surface area contributed by atoms with Crippen molar-refractivity contribution in [1.29, 1.82) is 0 Å². The molecule has 6 nitrogen and oxygen atoms in total. The summed E-state index contributed by atoms with van der Waals surface area (Å²) in [5, 5.41) is 11.6. The highest BCUT2D eigenvalue weighted by molar-refractivity contribution is 5.75. The summed E-state index contributed by atoms with van der Waals surface area (Å²) < 4.78 is 5.33. The first kappa shape index (κ1) is 13.1. The van der Waals surface area contributed by atoms with Crippen LogP contribution in [-0.4, -0.2) is 53.3 Å². The number of aliphatic carboxylic acids is 1. The number of rotatable bonds is 3. The van der Waals surface area contributed by atoms with Crippen LogP contribution in [0, 0.1) is 0 Å². The molecule has 0 radical (unpaired) electrons. The molecular formula is C12H20N2O4. The molecule has 0 saturated carbocycles. The van der Waals surface area contributed by atoms with Crippen LogP contribution in [-0.2, 0) is 9.53 Å². The smallest absolute Gasteiger partial charge is 0.332 e. The Morgan fingerprint density at radius 1 is 1.39 bits per heavy atom. The Hall–Kier alpha value is -1.30. The van der Waals surface area contributed by atoms with E-state index in [4.69, 9.17) is 9.84 Å². The Bertz CT molecular complexity index is 334. The summed E-state index contributed by atoms with van der Waals surface area (Å²) in [4.78, 5) is 24.4. The molecule has 6 heteroatoms. The predicted octanol–water partition coefficient (Wildman–Crippen LogP) is 0.812. The van der Waals surface area contributed by atoms with E-state index in [-0.39, 0.29) is 12.1 Å². The van der Waals surface area contributed by atoms with Crippen LogP contribution in [0.15, 0.2) is 0 Å². The summed E-state index contributed by atoms with van der Waals surface area (Å²) in [5.74, 6) is -0.919. The van der Waals surface area contributed by atoms with Crippen LogP contribution < -0.4 is 5.32 Å². The predicted molar refractivity (Wildman–Crippen MR) is 64.3 cm³/mol. The van der Waals surface area contributed by atoms with Crippen molar-refractivity contribution < 1.29 is 19.4 Å². The second-order valence-electron chi connectivity index (χ2n) is 5.03. The third-order valence-corrected chi connectivity index (χ3v) is 3.68. The number of hydrogen-bond acceptors (Lipinski definition) is 3. The lowest BCUT2D eigenvalue weighted by Gasteiger charge is -2.22. The van der Waals surface area contributed by atoms with Crippen molar-refractivity contribution in [1.82, 2.24) is 10.2 Å². The molecule has 0 aromatic heterocycles. The minimum atomic E-state index is -0.919. The van der Waals surface area contributed by atoms with Crippen LogP contribution in [0.5, 0.6) is 0 Å². The molecule has 2 heterocycles. The molecule has 2 N–H and O–H groups in total. The van der Waals surface area contributed by atoms with Crippen LogP contribution in [0.25, 0.3) is 0 Å². The Kier molecular flexibility index (Phi) is 4.06. The van der Waals surface area contributed by atoms with Crippen molar-refractivity contribution in [3.05, 3.63) is 0 Å². The molecule has 2 aliphatic heterocycles. The molecular weight excluding hydrogens is 236 g/mol. The third kappa shape index (κ3) is 2.93. The third-order valence-electron chi connectivity index (χ3n) is 3.68. The van der Waals surface area contributed by atoms with E-state index in [1.165, 1.54) is 0 Å². The molecule has 102 valence electrons. The molecule has 0 aromatic carbocycles. The standard InChI is InChI=1S/C12H20N2O4/c1-8-3-2-6-14(8)12(17)13-7-9-4-5-10(18-9)11(15)16/h8-10H,2-7H2,1H3,(H,13,17)(H,15,16). The molecule has 2 fully saturated rings. The van der Waals surface area contributed by atoms with Gasteiger partial charge in [-0.15, -0.1) is 0 Å². The summed E-state index contributed by atoms with van der Waals surface area (Å²) >= 11 is 0. The lowest BCUT2D eigenvalue weighted by Crippen LogP contribution is -2.44. The lowest BCUT2D eigenvalue weighted by molar-refractivity contribution is -0.149. The highest BCUT2D eigenvalue weighted by atomic mass is 16.5. The Morgan fingerprint density at radius 3 is 2.72 bits per heavy atom. The van der Waals surface area contributed by atoms with Gasteiger partial charge in [0.05, 0.1) is 6.10 Å². The van der Waals surface area contributed by atoms with E-state index in [0.29, 0.717) is 25.4 Å². The van der Waals surface area contributed by atoms with Crippen LogP contribution in [0.3, 0.4) is 0 Å². The van der Waals surface area contributed by atoms with Gasteiger partial charge in [-0.05, 0) is 32.6 Å². The summed E-state index contributed by atoms with van der Waals surface area (Å²) in [7, 11) is 0. The normalized spacial score (nSPS) is 31.6. The van der Waals surface area contributed by atoms with Gasteiger partial charge in [-0.2, -0.15) is 0 Å². The number of urea groups is 1. The quantitative estimate of drug-likeness (QED) is 0.783. The fraction of sp³-hybridized carbons (Fsp3) is 0.833. The van der Waals surface area contributed by atoms with E-state index < -0.39 is 12.1 Å². The van der Waals surface area contributed by atoms with E-state index in [2.05, 4.69) is 5.32 Å². The van der Waals surface area contributed by atoms with E-state index in [9.17, 15) is 9.59 Å². The lowest BCUT2D eigenvalue weighted by atomic mass is 10.2. The second-order valence-corrected chi connectivity index (χ2v) is 5.03. The van der Waals surface area contributed by atoms with Crippen molar-refractivity contribution in [3.8, 4) is 0 Å². The molecule has 0 bridgehead atoms. The molecule has 0 aliphatic carbocycles. The van der Waals surface area contributed by atoms with Gasteiger partial charge in [-0.25, -0.2) is 9.59 Å². The number of carboxylic acid groups (broad SMARTS) is 1. The monoisotopic (exact) mass is 256 g/mol. The number of carbonyl (C=O) groups is 2.